The highest BCUT2D eigenvalue weighted by Crippen LogP contribution is 2.15. The highest BCUT2D eigenvalue weighted by atomic mass is 79.9. The first-order chi connectivity index (χ1) is 10.1. The largest absolute Gasteiger partial charge is 0.491 e. The van der Waals surface area contributed by atoms with E-state index in [1.807, 2.05) is 55.5 Å². The van der Waals surface area contributed by atoms with Crippen molar-refractivity contribution in [2.75, 3.05) is 13.2 Å². The lowest BCUT2D eigenvalue weighted by Crippen LogP contribution is -2.31. The summed E-state index contributed by atoms with van der Waals surface area (Å²) in [6.45, 7) is 3.52. The molecule has 0 spiro atoms. The maximum Gasteiger partial charge on any atom is 0.119 e. The third kappa shape index (κ3) is 5.50. The van der Waals surface area contributed by atoms with E-state index in [2.05, 4.69) is 21.2 Å². The molecule has 4 heteroatoms. The summed E-state index contributed by atoms with van der Waals surface area (Å²) in [5, 5.41) is 13.1. The molecule has 0 aromatic heterocycles. The van der Waals surface area contributed by atoms with Gasteiger partial charge in [-0.25, -0.2) is 0 Å². The average molecular weight is 350 g/mol. The summed E-state index contributed by atoms with van der Waals surface area (Å²) in [4.78, 5) is 0. The summed E-state index contributed by atoms with van der Waals surface area (Å²) in [6.07, 6.45) is -0.534. The molecule has 2 N–H and O–H groups in total. The van der Waals surface area contributed by atoms with E-state index in [0.29, 0.717) is 13.1 Å². The molecule has 0 amide bonds. The molecule has 0 aliphatic rings. The van der Waals surface area contributed by atoms with Crippen molar-refractivity contribution in [1.82, 2.24) is 5.32 Å². The summed E-state index contributed by atoms with van der Waals surface area (Å²) < 4.78 is 6.62. The molecular weight excluding hydrogens is 330 g/mol. The Bertz CT molecular complexity index is 557. The highest BCUT2D eigenvalue weighted by Gasteiger charge is 2.06. The number of aryl methyl sites for hydroxylation is 1. The maximum absolute atomic E-state index is 9.91. The smallest absolute Gasteiger partial charge is 0.119 e. The van der Waals surface area contributed by atoms with E-state index in [1.165, 1.54) is 11.1 Å². The van der Waals surface area contributed by atoms with Gasteiger partial charge >= 0.3 is 0 Å². The second-order valence-corrected chi connectivity index (χ2v) is 5.85. The normalized spacial score (nSPS) is 12.1. The molecule has 2 aromatic carbocycles. The molecule has 21 heavy (non-hydrogen) atoms. The lowest BCUT2D eigenvalue weighted by molar-refractivity contribution is 0.106. The van der Waals surface area contributed by atoms with Gasteiger partial charge in [0, 0.05) is 17.6 Å². The minimum atomic E-state index is -0.534. The number of aliphatic hydroxyl groups is 1. The zero-order valence-corrected chi connectivity index (χ0v) is 13.6. The molecule has 0 saturated heterocycles. The van der Waals surface area contributed by atoms with Crippen molar-refractivity contribution in [3.05, 3.63) is 64.1 Å². The molecule has 1 atom stereocenters. The van der Waals surface area contributed by atoms with Crippen molar-refractivity contribution < 1.29 is 9.84 Å². The first kappa shape index (κ1) is 16.0. The lowest BCUT2D eigenvalue weighted by atomic mass is 10.2. The van der Waals surface area contributed by atoms with Crippen LogP contribution in [0.5, 0.6) is 5.75 Å². The first-order valence-corrected chi connectivity index (χ1v) is 7.76. The number of ether oxygens (including phenoxy) is 1. The third-order valence-corrected chi connectivity index (χ3v) is 3.89. The Morgan fingerprint density at radius 3 is 2.57 bits per heavy atom. The Hall–Kier alpha value is -1.36. The van der Waals surface area contributed by atoms with Crippen molar-refractivity contribution in [2.24, 2.45) is 0 Å². The van der Waals surface area contributed by atoms with Gasteiger partial charge < -0.3 is 15.2 Å². The van der Waals surface area contributed by atoms with Gasteiger partial charge in [0.1, 0.15) is 18.5 Å². The second-order valence-electron chi connectivity index (χ2n) is 5.00. The topological polar surface area (TPSA) is 41.5 Å². The van der Waals surface area contributed by atoms with Crippen LogP contribution in [0.1, 0.15) is 11.1 Å². The third-order valence-electron chi connectivity index (χ3n) is 3.12. The average Bonchev–Trinajstić information content (AvgIpc) is 2.49. The van der Waals surface area contributed by atoms with Crippen LogP contribution in [0.4, 0.5) is 0 Å². The van der Waals surface area contributed by atoms with Crippen molar-refractivity contribution >= 4 is 15.9 Å². The van der Waals surface area contributed by atoms with Crippen LogP contribution in [0, 0.1) is 6.92 Å². The molecule has 0 fully saturated rings. The molecule has 0 saturated carbocycles. The minimum absolute atomic E-state index is 0.284. The molecule has 112 valence electrons. The Kier molecular flexibility index (Phi) is 6.23. The molecule has 0 heterocycles. The minimum Gasteiger partial charge on any atom is -0.491 e. The Morgan fingerprint density at radius 1 is 1.14 bits per heavy atom. The fraction of sp³-hybridized carbons (Fsp3) is 0.294. The highest BCUT2D eigenvalue weighted by molar-refractivity contribution is 9.10. The van der Waals surface area contributed by atoms with Crippen molar-refractivity contribution in [3.8, 4) is 5.75 Å². The van der Waals surface area contributed by atoms with Crippen LogP contribution < -0.4 is 10.1 Å². The van der Waals surface area contributed by atoms with E-state index in [4.69, 9.17) is 4.74 Å². The predicted octanol–water partition coefficient (Wildman–Crippen LogP) is 3.29. The van der Waals surface area contributed by atoms with Crippen LogP contribution in [0.2, 0.25) is 0 Å². The predicted molar refractivity (Wildman–Crippen MR) is 88.5 cm³/mol. The van der Waals surface area contributed by atoms with Gasteiger partial charge in [-0.1, -0.05) is 51.8 Å². The molecular formula is C17H20BrNO2. The van der Waals surface area contributed by atoms with Gasteiger partial charge in [0.05, 0.1) is 0 Å². The number of hydrogen-bond acceptors (Lipinski definition) is 3. The Balaban J connectivity index is 1.69. The van der Waals surface area contributed by atoms with Crippen LogP contribution in [0.25, 0.3) is 0 Å². The molecule has 3 nitrogen and oxygen atoms in total. The Labute approximate surface area is 134 Å². The summed E-state index contributed by atoms with van der Waals surface area (Å²) in [5.41, 5.74) is 2.36. The van der Waals surface area contributed by atoms with E-state index in [0.717, 1.165) is 10.2 Å². The maximum atomic E-state index is 9.91. The van der Waals surface area contributed by atoms with Crippen LogP contribution in [0.15, 0.2) is 53.0 Å². The molecule has 0 aliphatic heterocycles. The van der Waals surface area contributed by atoms with E-state index in [-0.39, 0.29) is 6.61 Å². The zero-order chi connectivity index (χ0) is 15.1. The van der Waals surface area contributed by atoms with Crippen LogP contribution in [0.3, 0.4) is 0 Å². The number of nitrogens with one attached hydrogen (secondary N) is 1. The quantitative estimate of drug-likeness (QED) is 0.805. The van der Waals surface area contributed by atoms with E-state index >= 15 is 0 Å². The summed E-state index contributed by atoms with van der Waals surface area (Å²) in [5.74, 6) is 0.783. The van der Waals surface area contributed by atoms with E-state index < -0.39 is 6.10 Å². The number of rotatable bonds is 7. The van der Waals surface area contributed by atoms with Gasteiger partial charge in [-0.3, -0.25) is 0 Å². The molecule has 2 aromatic rings. The SMILES string of the molecule is Cc1ccc(OCC(O)CNCc2ccccc2Br)cc1. The standard InChI is InChI=1S/C17H20BrNO2/c1-13-6-8-16(9-7-13)21-12-15(20)11-19-10-14-4-2-3-5-17(14)18/h2-9,15,19-20H,10-12H2,1H3. The monoisotopic (exact) mass is 349 g/mol. The number of halogens is 1. The summed E-state index contributed by atoms with van der Waals surface area (Å²) in [6, 6.07) is 15.9. The fourth-order valence-electron chi connectivity index (χ4n) is 1.90. The van der Waals surface area contributed by atoms with Crippen molar-refractivity contribution in [3.63, 3.8) is 0 Å². The summed E-state index contributed by atoms with van der Waals surface area (Å²) in [7, 11) is 0. The second kappa shape index (κ2) is 8.17. The van der Waals surface area contributed by atoms with Gasteiger partial charge in [-0.15, -0.1) is 0 Å². The van der Waals surface area contributed by atoms with Gasteiger partial charge in [0.15, 0.2) is 0 Å². The summed E-state index contributed by atoms with van der Waals surface area (Å²) >= 11 is 3.50. The molecule has 0 aliphatic carbocycles. The number of benzene rings is 2. The van der Waals surface area contributed by atoms with Gasteiger partial charge in [-0.05, 0) is 30.7 Å². The zero-order valence-electron chi connectivity index (χ0n) is 12.1. The number of aliphatic hydroxyl groups excluding tert-OH is 1. The molecule has 2 rings (SSSR count). The van der Waals surface area contributed by atoms with Crippen LogP contribution in [-0.2, 0) is 6.54 Å². The van der Waals surface area contributed by atoms with Gasteiger partial charge in [-0.2, -0.15) is 0 Å². The molecule has 0 bridgehead atoms. The Morgan fingerprint density at radius 2 is 1.86 bits per heavy atom. The molecule has 0 radical (unpaired) electrons. The fourth-order valence-corrected chi connectivity index (χ4v) is 2.33. The van der Waals surface area contributed by atoms with Crippen LogP contribution in [-0.4, -0.2) is 24.4 Å². The van der Waals surface area contributed by atoms with Crippen LogP contribution >= 0.6 is 15.9 Å². The van der Waals surface area contributed by atoms with Gasteiger partial charge in [0.2, 0.25) is 0 Å². The first-order valence-electron chi connectivity index (χ1n) is 6.97. The van der Waals surface area contributed by atoms with Gasteiger partial charge in [0.25, 0.3) is 0 Å². The lowest BCUT2D eigenvalue weighted by Gasteiger charge is -2.14. The van der Waals surface area contributed by atoms with E-state index in [9.17, 15) is 5.11 Å². The van der Waals surface area contributed by atoms with Crippen molar-refractivity contribution in [1.29, 1.82) is 0 Å². The van der Waals surface area contributed by atoms with E-state index in [1.54, 1.807) is 0 Å². The van der Waals surface area contributed by atoms with Crippen molar-refractivity contribution in [2.45, 2.75) is 19.6 Å². The molecule has 1 unspecified atom stereocenters. The number of hydrogen-bond donors (Lipinski definition) is 2.